The molecule has 2 aromatic rings. The molecule has 0 fully saturated rings. The minimum Gasteiger partial charge on any atom is -0.457 e. The van der Waals surface area contributed by atoms with Crippen LogP contribution in [0.15, 0.2) is 48.5 Å². The number of ether oxygens (including phenoxy) is 1. The van der Waals surface area contributed by atoms with Crippen LogP contribution in [0.25, 0.3) is 0 Å². The highest BCUT2D eigenvalue weighted by molar-refractivity contribution is 5.89. The summed E-state index contributed by atoms with van der Waals surface area (Å²) in [6.45, 7) is 0.653. The molecule has 0 aromatic heterocycles. The summed E-state index contributed by atoms with van der Waals surface area (Å²) < 4.78 is 44.8. The Bertz CT molecular complexity index is 634. The van der Waals surface area contributed by atoms with Crippen molar-refractivity contribution in [3.8, 4) is 0 Å². The number of hydrogen-bond acceptors (Lipinski definition) is 2. The highest BCUT2D eigenvalue weighted by atomic mass is 19.3. The number of alkyl halides is 2. The first-order valence-electron chi connectivity index (χ1n) is 6.27. The fourth-order valence-electron chi connectivity index (χ4n) is 1.75. The van der Waals surface area contributed by atoms with Crippen LogP contribution in [-0.2, 0) is 17.3 Å². The molecule has 0 bridgehead atoms. The van der Waals surface area contributed by atoms with Crippen molar-refractivity contribution in [1.29, 1.82) is 0 Å². The fraction of sp³-hybridized carbons (Fsp3) is 0.188. The Morgan fingerprint density at radius 1 is 1.14 bits per heavy atom. The van der Waals surface area contributed by atoms with Crippen molar-refractivity contribution in [3.05, 3.63) is 71.0 Å². The molecule has 0 saturated carbocycles. The zero-order valence-corrected chi connectivity index (χ0v) is 11.3. The topological polar surface area (TPSA) is 26.3 Å². The Morgan fingerprint density at radius 3 is 2.38 bits per heavy atom. The van der Waals surface area contributed by atoms with Crippen LogP contribution in [0.3, 0.4) is 0 Å². The van der Waals surface area contributed by atoms with Crippen molar-refractivity contribution < 1.29 is 22.7 Å². The third-order valence-electron chi connectivity index (χ3n) is 2.91. The van der Waals surface area contributed by atoms with Gasteiger partial charge in [-0.25, -0.2) is 18.0 Å². The second kappa shape index (κ2) is 5.99. The van der Waals surface area contributed by atoms with Crippen molar-refractivity contribution in [2.24, 2.45) is 0 Å². The van der Waals surface area contributed by atoms with Crippen LogP contribution in [0.1, 0.15) is 28.4 Å². The Balaban J connectivity index is 2.09. The summed E-state index contributed by atoms with van der Waals surface area (Å²) in [5.74, 6) is -5.07. The third kappa shape index (κ3) is 3.84. The number of benzene rings is 2. The summed E-state index contributed by atoms with van der Waals surface area (Å²) in [4.78, 5) is 11.8. The largest absolute Gasteiger partial charge is 0.457 e. The molecular formula is C16H13F3O2. The smallest absolute Gasteiger partial charge is 0.341 e. The van der Waals surface area contributed by atoms with Gasteiger partial charge < -0.3 is 4.74 Å². The van der Waals surface area contributed by atoms with Gasteiger partial charge in [-0.3, -0.25) is 0 Å². The minimum atomic E-state index is -3.16. The van der Waals surface area contributed by atoms with Crippen LogP contribution >= 0.6 is 0 Å². The van der Waals surface area contributed by atoms with E-state index in [-0.39, 0.29) is 12.2 Å². The van der Waals surface area contributed by atoms with Gasteiger partial charge in [-0.05, 0) is 17.7 Å². The molecule has 0 saturated heterocycles. The van der Waals surface area contributed by atoms with Crippen LogP contribution in [0.4, 0.5) is 13.2 Å². The molecule has 2 nitrogen and oxygen atoms in total. The van der Waals surface area contributed by atoms with E-state index in [2.05, 4.69) is 0 Å². The van der Waals surface area contributed by atoms with E-state index in [1.807, 2.05) is 6.07 Å². The molecule has 0 unspecified atom stereocenters. The standard InChI is InChI=1S/C16H13F3O2/c1-16(18,19)12-7-8-13(14(17)9-12)15(20)21-10-11-5-3-2-4-6-11/h2-9H,10H2,1H3. The van der Waals surface area contributed by atoms with E-state index >= 15 is 0 Å². The lowest BCUT2D eigenvalue weighted by Crippen LogP contribution is -2.11. The van der Waals surface area contributed by atoms with Crippen molar-refractivity contribution in [3.63, 3.8) is 0 Å². The Morgan fingerprint density at radius 2 is 1.81 bits per heavy atom. The molecule has 0 atom stereocenters. The molecule has 0 heterocycles. The molecule has 0 spiro atoms. The Labute approximate surface area is 120 Å². The van der Waals surface area contributed by atoms with Gasteiger partial charge in [-0.1, -0.05) is 36.4 Å². The zero-order chi connectivity index (χ0) is 15.5. The van der Waals surface area contributed by atoms with Gasteiger partial charge in [0.2, 0.25) is 0 Å². The maximum Gasteiger partial charge on any atom is 0.341 e. The molecule has 0 aliphatic rings. The molecule has 5 heteroatoms. The van der Waals surface area contributed by atoms with E-state index in [0.717, 1.165) is 17.7 Å². The third-order valence-corrected chi connectivity index (χ3v) is 2.91. The summed E-state index contributed by atoms with van der Waals surface area (Å²) in [5, 5.41) is 0. The molecule has 2 aromatic carbocycles. The second-order valence-corrected chi connectivity index (χ2v) is 4.64. The van der Waals surface area contributed by atoms with Crippen LogP contribution in [0, 0.1) is 5.82 Å². The predicted octanol–water partition coefficient (Wildman–Crippen LogP) is 4.29. The Kier molecular flexibility index (Phi) is 4.31. The van der Waals surface area contributed by atoms with E-state index in [9.17, 15) is 18.0 Å². The highest BCUT2D eigenvalue weighted by Gasteiger charge is 2.26. The lowest BCUT2D eigenvalue weighted by Gasteiger charge is -2.12. The maximum absolute atomic E-state index is 13.7. The lowest BCUT2D eigenvalue weighted by atomic mass is 10.1. The molecule has 110 valence electrons. The summed E-state index contributed by atoms with van der Waals surface area (Å²) in [6, 6.07) is 11.6. The first-order valence-corrected chi connectivity index (χ1v) is 6.27. The normalized spacial score (nSPS) is 11.2. The molecule has 21 heavy (non-hydrogen) atoms. The number of halogens is 3. The van der Waals surface area contributed by atoms with Crippen molar-refractivity contribution >= 4 is 5.97 Å². The summed E-state index contributed by atoms with van der Waals surface area (Å²) in [7, 11) is 0. The van der Waals surface area contributed by atoms with Crippen LogP contribution in [0.2, 0.25) is 0 Å². The molecule has 2 rings (SSSR count). The highest BCUT2D eigenvalue weighted by Crippen LogP contribution is 2.28. The quantitative estimate of drug-likeness (QED) is 0.786. The van der Waals surface area contributed by atoms with Crippen LogP contribution in [0.5, 0.6) is 0 Å². The number of esters is 1. The van der Waals surface area contributed by atoms with Crippen molar-refractivity contribution in [2.45, 2.75) is 19.5 Å². The minimum absolute atomic E-state index is 0.00912. The van der Waals surface area contributed by atoms with Gasteiger partial charge in [0.1, 0.15) is 12.4 Å². The number of carbonyl (C=O) groups excluding carboxylic acids is 1. The number of carbonyl (C=O) groups is 1. The summed E-state index contributed by atoms with van der Waals surface area (Å²) >= 11 is 0. The van der Waals surface area contributed by atoms with Gasteiger partial charge in [0, 0.05) is 12.5 Å². The van der Waals surface area contributed by atoms with Crippen molar-refractivity contribution in [2.75, 3.05) is 0 Å². The van der Waals surface area contributed by atoms with Crippen LogP contribution in [-0.4, -0.2) is 5.97 Å². The monoisotopic (exact) mass is 294 g/mol. The van der Waals surface area contributed by atoms with Gasteiger partial charge in [0.05, 0.1) is 5.56 Å². The first-order chi connectivity index (χ1) is 9.88. The van der Waals surface area contributed by atoms with Gasteiger partial charge in [-0.2, -0.15) is 0 Å². The Hall–Kier alpha value is -2.30. The molecule has 0 aliphatic heterocycles. The maximum atomic E-state index is 13.7. The zero-order valence-electron chi connectivity index (χ0n) is 11.3. The average molecular weight is 294 g/mol. The van der Waals surface area contributed by atoms with Gasteiger partial charge in [0.15, 0.2) is 0 Å². The number of rotatable bonds is 4. The van der Waals surface area contributed by atoms with E-state index in [1.165, 1.54) is 0 Å². The lowest BCUT2D eigenvalue weighted by molar-refractivity contribution is 0.0169. The second-order valence-electron chi connectivity index (χ2n) is 4.64. The van der Waals surface area contributed by atoms with E-state index < -0.39 is 23.3 Å². The van der Waals surface area contributed by atoms with E-state index in [0.29, 0.717) is 13.0 Å². The van der Waals surface area contributed by atoms with E-state index in [4.69, 9.17) is 4.74 Å². The molecule has 0 N–H and O–H groups in total. The average Bonchev–Trinajstić information content (AvgIpc) is 2.45. The predicted molar refractivity (Wildman–Crippen MR) is 71.5 cm³/mol. The first kappa shape index (κ1) is 15.1. The SMILES string of the molecule is CC(F)(F)c1ccc(C(=O)OCc2ccccc2)c(F)c1. The summed E-state index contributed by atoms with van der Waals surface area (Å²) in [5.41, 5.74) is -0.0958. The van der Waals surface area contributed by atoms with Crippen molar-refractivity contribution in [1.82, 2.24) is 0 Å². The molecule has 0 amide bonds. The molecular weight excluding hydrogens is 281 g/mol. The summed E-state index contributed by atoms with van der Waals surface area (Å²) in [6.07, 6.45) is 0. The molecule has 0 radical (unpaired) electrons. The van der Waals surface area contributed by atoms with Gasteiger partial charge in [0.25, 0.3) is 5.92 Å². The van der Waals surface area contributed by atoms with Crippen LogP contribution < -0.4 is 0 Å². The molecule has 0 aliphatic carbocycles. The number of hydrogen-bond donors (Lipinski definition) is 0. The van der Waals surface area contributed by atoms with E-state index in [1.54, 1.807) is 24.3 Å². The fourth-order valence-corrected chi connectivity index (χ4v) is 1.75. The van der Waals surface area contributed by atoms with Gasteiger partial charge >= 0.3 is 5.97 Å². The van der Waals surface area contributed by atoms with Gasteiger partial charge in [-0.15, -0.1) is 0 Å².